The summed E-state index contributed by atoms with van der Waals surface area (Å²) in [6.45, 7) is 1.89. The lowest BCUT2D eigenvalue weighted by Crippen LogP contribution is -2.15. The highest BCUT2D eigenvalue weighted by atomic mass is 16.5. The first-order valence-electron chi connectivity index (χ1n) is 6.98. The van der Waals surface area contributed by atoms with Crippen molar-refractivity contribution in [3.8, 4) is 11.5 Å². The van der Waals surface area contributed by atoms with E-state index in [0.29, 0.717) is 28.5 Å². The standard InChI is InChI=1S/C16H16N4O3/c1-9-7-8-10-14(17-9)19-20-15(10)18-16(21)13-11(22-2)5-4-6-12(13)23-3/h4-8H,1-3H3,(H2,17,18,19,20,21). The van der Waals surface area contributed by atoms with Gasteiger partial charge in [-0.1, -0.05) is 6.07 Å². The van der Waals surface area contributed by atoms with Crippen LogP contribution >= 0.6 is 0 Å². The molecule has 118 valence electrons. The van der Waals surface area contributed by atoms with Crippen LogP contribution in [0.3, 0.4) is 0 Å². The van der Waals surface area contributed by atoms with Crippen LogP contribution in [0, 0.1) is 6.92 Å². The van der Waals surface area contributed by atoms with Gasteiger partial charge in [0.05, 0.1) is 19.6 Å². The lowest BCUT2D eigenvalue weighted by molar-refractivity contribution is 0.102. The van der Waals surface area contributed by atoms with Gasteiger partial charge in [0.15, 0.2) is 11.5 Å². The number of nitrogens with zero attached hydrogens (tertiary/aromatic N) is 2. The van der Waals surface area contributed by atoms with Crippen molar-refractivity contribution in [2.24, 2.45) is 0 Å². The second-order valence-corrected chi connectivity index (χ2v) is 4.91. The molecule has 0 unspecified atom stereocenters. The minimum atomic E-state index is -0.367. The van der Waals surface area contributed by atoms with Gasteiger partial charge in [-0.15, -0.1) is 0 Å². The molecule has 7 nitrogen and oxygen atoms in total. The number of fused-ring (bicyclic) bond motifs is 1. The van der Waals surface area contributed by atoms with Gasteiger partial charge in [0.1, 0.15) is 17.1 Å². The maximum atomic E-state index is 12.6. The molecule has 7 heteroatoms. The third kappa shape index (κ3) is 2.68. The Labute approximate surface area is 132 Å². The number of carbonyl (C=O) groups excluding carboxylic acids is 1. The van der Waals surface area contributed by atoms with E-state index in [4.69, 9.17) is 9.47 Å². The maximum absolute atomic E-state index is 12.6. The fourth-order valence-corrected chi connectivity index (χ4v) is 2.34. The quantitative estimate of drug-likeness (QED) is 0.773. The number of ether oxygens (including phenoxy) is 2. The summed E-state index contributed by atoms with van der Waals surface area (Å²) in [4.78, 5) is 17.0. The number of pyridine rings is 1. The molecule has 3 rings (SSSR count). The second kappa shape index (κ2) is 5.96. The molecule has 0 saturated carbocycles. The summed E-state index contributed by atoms with van der Waals surface area (Å²) in [6.07, 6.45) is 0. The molecule has 1 aromatic carbocycles. The first-order chi connectivity index (χ1) is 11.1. The summed E-state index contributed by atoms with van der Waals surface area (Å²) in [5, 5.41) is 10.4. The van der Waals surface area contributed by atoms with Crippen molar-refractivity contribution in [1.29, 1.82) is 0 Å². The molecule has 3 aromatic rings. The Balaban J connectivity index is 1.98. The lowest BCUT2D eigenvalue weighted by Gasteiger charge is -2.12. The zero-order valence-electron chi connectivity index (χ0n) is 13.0. The van der Waals surface area contributed by atoms with E-state index in [1.165, 1.54) is 14.2 Å². The number of H-pyrrole nitrogens is 1. The van der Waals surface area contributed by atoms with Gasteiger partial charge in [-0.3, -0.25) is 9.89 Å². The highest BCUT2D eigenvalue weighted by Gasteiger charge is 2.20. The van der Waals surface area contributed by atoms with Crippen LogP contribution in [0.2, 0.25) is 0 Å². The van der Waals surface area contributed by atoms with E-state index < -0.39 is 0 Å². The molecule has 0 aliphatic rings. The number of benzene rings is 1. The normalized spacial score (nSPS) is 10.6. The van der Waals surface area contributed by atoms with Gasteiger partial charge in [0.2, 0.25) is 0 Å². The van der Waals surface area contributed by atoms with Crippen LogP contribution in [0.4, 0.5) is 5.82 Å². The first-order valence-corrected chi connectivity index (χ1v) is 6.98. The minimum Gasteiger partial charge on any atom is -0.496 e. The number of aryl methyl sites for hydroxylation is 1. The molecular formula is C16H16N4O3. The summed E-state index contributed by atoms with van der Waals surface area (Å²) >= 11 is 0. The Morgan fingerprint density at radius 1 is 1.13 bits per heavy atom. The zero-order chi connectivity index (χ0) is 16.4. The van der Waals surface area contributed by atoms with E-state index in [1.54, 1.807) is 18.2 Å². The van der Waals surface area contributed by atoms with Crippen molar-refractivity contribution in [3.05, 3.63) is 41.6 Å². The predicted molar refractivity (Wildman–Crippen MR) is 86.1 cm³/mol. The van der Waals surface area contributed by atoms with Gasteiger partial charge < -0.3 is 14.8 Å². The van der Waals surface area contributed by atoms with Crippen LogP contribution in [0.15, 0.2) is 30.3 Å². The number of anilines is 1. The molecular weight excluding hydrogens is 296 g/mol. The summed E-state index contributed by atoms with van der Waals surface area (Å²) in [5.41, 5.74) is 1.80. The Hall–Kier alpha value is -3.09. The molecule has 2 aromatic heterocycles. The summed E-state index contributed by atoms with van der Waals surface area (Å²) in [6, 6.07) is 8.87. The molecule has 0 atom stereocenters. The van der Waals surface area contributed by atoms with E-state index >= 15 is 0 Å². The number of methoxy groups -OCH3 is 2. The fourth-order valence-electron chi connectivity index (χ4n) is 2.34. The number of aromatic amines is 1. The number of rotatable bonds is 4. The fraction of sp³-hybridized carbons (Fsp3) is 0.188. The molecule has 2 heterocycles. The smallest absolute Gasteiger partial charge is 0.264 e. The summed E-state index contributed by atoms with van der Waals surface area (Å²) in [7, 11) is 3.00. The van der Waals surface area contributed by atoms with Crippen LogP contribution < -0.4 is 14.8 Å². The van der Waals surface area contributed by atoms with E-state index in [-0.39, 0.29) is 5.91 Å². The highest BCUT2D eigenvalue weighted by Crippen LogP contribution is 2.29. The van der Waals surface area contributed by atoms with Gasteiger partial charge in [0, 0.05) is 5.69 Å². The van der Waals surface area contributed by atoms with Crippen molar-refractivity contribution >= 4 is 22.8 Å². The van der Waals surface area contributed by atoms with Crippen molar-refractivity contribution in [2.75, 3.05) is 19.5 Å². The highest BCUT2D eigenvalue weighted by molar-refractivity contribution is 6.10. The lowest BCUT2D eigenvalue weighted by atomic mass is 10.1. The molecule has 1 amide bonds. The zero-order valence-corrected chi connectivity index (χ0v) is 13.0. The Kier molecular flexibility index (Phi) is 3.84. The SMILES string of the molecule is COc1cccc(OC)c1C(=O)Nc1n[nH]c2nc(C)ccc12. The number of carbonyl (C=O) groups is 1. The van der Waals surface area contributed by atoms with Crippen LogP contribution in [0.25, 0.3) is 11.0 Å². The second-order valence-electron chi connectivity index (χ2n) is 4.91. The first kappa shape index (κ1) is 14.8. The van der Waals surface area contributed by atoms with Gasteiger partial charge in [-0.05, 0) is 31.2 Å². The third-order valence-corrected chi connectivity index (χ3v) is 3.45. The Bertz CT molecular complexity index is 851. The topological polar surface area (TPSA) is 89.1 Å². The molecule has 0 spiro atoms. The van der Waals surface area contributed by atoms with Gasteiger partial charge in [0.25, 0.3) is 5.91 Å². The number of amides is 1. The van der Waals surface area contributed by atoms with Crippen LogP contribution in [-0.4, -0.2) is 35.3 Å². The van der Waals surface area contributed by atoms with Crippen molar-refractivity contribution < 1.29 is 14.3 Å². The van der Waals surface area contributed by atoms with Crippen molar-refractivity contribution in [2.45, 2.75) is 6.92 Å². The number of nitrogens with one attached hydrogen (secondary N) is 2. The number of hydrogen-bond acceptors (Lipinski definition) is 5. The van der Waals surface area contributed by atoms with Crippen LogP contribution in [0.5, 0.6) is 11.5 Å². The van der Waals surface area contributed by atoms with Crippen molar-refractivity contribution in [3.63, 3.8) is 0 Å². The van der Waals surface area contributed by atoms with Gasteiger partial charge in [-0.25, -0.2) is 4.98 Å². The molecule has 0 aliphatic carbocycles. The average Bonchev–Trinajstić information content (AvgIpc) is 2.95. The third-order valence-electron chi connectivity index (χ3n) is 3.45. The van der Waals surface area contributed by atoms with Gasteiger partial charge >= 0.3 is 0 Å². The molecule has 0 saturated heterocycles. The molecule has 0 aliphatic heterocycles. The number of hydrogen-bond donors (Lipinski definition) is 2. The van der Waals surface area contributed by atoms with E-state index in [2.05, 4.69) is 20.5 Å². The van der Waals surface area contributed by atoms with Gasteiger partial charge in [-0.2, -0.15) is 5.10 Å². The maximum Gasteiger partial charge on any atom is 0.264 e. The largest absolute Gasteiger partial charge is 0.496 e. The molecule has 23 heavy (non-hydrogen) atoms. The summed E-state index contributed by atoms with van der Waals surface area (Å²) < 4.78 is 10.5. The van der Waals surface area contributed by atoms with Crippen molar-refractivity contribution in [1.82, 2.24) is 15.2 Å². The van der Waals surface area contributed by atoms with E-state index in [0.717, 1.165) is 11.1 Å². The van der Waals surface area contributed by atoms with Crippen LogP contribution in [0.1, 0.15) is 16.1 Å². The minimum absolute atomic E-state index is 0.314. The van der Waals surface area contributed by atoms with E-state index in [1.807, 2.05) is 19.1 Å². The molecule has 0 fully saturated rings. The average molecular weight is 312 g/mol. The summed E-state index contributed by atoms with van der Waals surface area (Å²) in [5.74, 6) is 0.894. The molecule has 0 radical (unpaired) electrons. The molecule has 2 N–H and O–H groups in total. The monoisotopic (exact) mass is 312 g/mol. The predicted octanol–water partition coefficient (Wildman–Crippen LogP) is 2.54. The number of aromatic nitrogens is 3. The van der Waals surface area contributed by atoms with E-state index in [9.17, 15) is 4.79 Å². The van der Waals surface area contributed by atoms with Crippen LogP contribution in [-0.2, 0) is 0 Å². The molecule has 0 bridgehead atoms. The Morgan fingerprint density at radius 2 is 1.83 bits per heavy atom. The Morgan fingerprint density at radius 3 is 2.48 bits per heavy atom.